The van der Waals surface area contributed by atoms with Crippen molar-refractivity contribution in [1.82, 2.24) is 14.3 Å². The van der Waals surface area contributed by atoms with Crippen LogP contribution in [0.25, 0.3) is 17.1 Å². The fourth-order valence-corrected chi connectivity index (χ4v) is 3.64. The molecule has 0 amide bonds. The number of para-hydroxylation sites is 1. The van der Waals surface area contributed by atoms with Crippen molar-refractivity contribution in [2.75, 3.05) is 13.1 Å². The van der Waals surface area contributed by atoms with Gasteiger partial charge in [0.25, 0.3) is 0 Å². The number of rotatable bonds is 4. The molecule has 0 aliphatic carbocycles. The normalized spacial score (nSPS) is 15.0. The second kappa shape index (κ2) is 6.71. The maximum Gasteiger partial charge on any atom is 0.207 e. The van der Waals surface area contributed by atoms with Crippen LogP contribution in [-0.4, -0.2) is 27.4 Å². The summed E-state index contributed by atoms with van der Waals surface area (Å²) in [6.45, 7) is 3.26. The van der Waals surface area contributed by atoms with Gasteiger partial charge in [-0.25, -0.2) is 0 Å². The van der Waals surface area contributed by atoms with Crippen LogP contribution in [0.5, 0.6) is 0 Å². The van der Waals surface area contributed by atoms with Gasteiger partial charge in [-0.15, -0.1) is 5.10 Å². The molecule has 0 spiro atoms. The number of nitrogens with one attached hydrogen (secondary N) is 1. The second-order valence-corrected chi connectivity index (χ2v) is 6.62. The van der Waals surface area contributed by atoms with E-state index >= 15 is 0 Å². The van der Waals surface area contributed by atoms with Crippen LogP contribution in [0.3, 0.4) is 0 Å². The van der Waals surface area contributed by atoms with Crippen molar-refractivity contribution in [3.05, 3.63) is 65.4 Å². The molecule has 2 aromatic carbocycles. The molecule has 1 fully saturated rings. The number of likely N-dealkylation sites (tertiary alicyclic amines) is 1. The molecule has 1 aromatic heterocycles. The monoisotopic (exact) mass is 337 g/mol. The minimum Gasteiger partial charge on any atom is -0.316 e. The Labute approximate surface area is 147 Å². The third-order valence-electron chi connectivity index (χ3n) is 4.57. The molecule has 5 heteroatoms. The lowest BCUT2D eigenvalue weighted by Crippen LogP contribution is -3.09. The summed E-state index contributed by atoms with van der Waals surface area (Å²) in [5.74, 6) is 0.908. The molecule has 0 saturated carbocycles. The molecule has 24 heavy (non-hydrogen) atoms. The molecule has 0 bridgehead atoms. The van der Waals surface area contributed by atoms with Gasteiger partial charge in [0.1, 0.15) is 0 Å². The van der Waals surface area contributed by atoms with Gasteiger partial charge in [-0.05, 0) is 24.4 Å². The number of aromatic nitrogens is 3. The van der Waals surface area contributed by atoms with Crippen LogP contribution in [0.4, 0.5) is 0 Å². The standard InChI is InChI=1S/C19H20N4S/c24-19-22(15-21-13-7-8-14-21)20-18(16-9-3-1-4-10-16)23(19)17-11-5-2-6-12-17/h1-6,9-12H,7-8,13-15H2/p+1. The largest absolute Gasteiger partial charge is 0.316 e. The van der Waals surface area contributed by atoms with Crippen molar-refractivity contribution in [2.45, 2.75) is 19.5 Å². The molecule has 0 atom stereocenters. The Kier molecular flexibility index (Phi) is 4.28. The summed E-state index contributed by atoms with van der Waals surface area (Å²) in [5.41, 5.74) is 2.15. The van der Waals surface area contributed by atoms with Crippen LogP contribution in [0.1, 0.15) is 12.8 Å². The summed E-state index contributed by atoms with van der Waals surface area (Å²) in [6.07, 6.45) is 2.60. The summed E-state index contributed by atoms with van der Waals surface area (Å²) in [5, 5.41) is 4.87. The molecule has 1 saturated heterocycles. The molecule has 1 aliphatic heterocycles. The second-order valence-electron chi connectivity index (χ2n) is 6.26. The molecular weight excluding hydrogens is 316 g/mol. The molecule has 4 rings (SSSR count). The van der Waals surface area contributed by atoms with Crippen LogP contribution in [0, 0.1) is 4.77 Å². The van der Waals surface area contributed by atoms with E-state index in [0.29, 0.717) is 0 Å². The molecule has 122 valence electrons. The van der Waals surface area contributed by atoms with Gasteiger partial charge in [0, 0.05) is 24.1 Å². The van der Waals surface area contributed by atoms with Gasteiger partial charge in [0.05, 0.1) is 13.1 Å². The van der Waals surface area contributed by atoms with Crippen LogP contribution in [0.2, 0.25) is 0 Å². The maximum absolute atomic E-state index is 5.78. The van der Waals surface area contributed by atoms with Crippen molar-refractivity contribution in [2.24, 2.45) is 0 Å². The van der Waals surface area contributed by atoms with Gasteiger partial charge in [0.2, 0.25) is 4.77 Å². The quantitative estimate of drug-likeness (QED) is 0.741. The summed E-state index contributed by atoms with van der Waals surface area (Å²) in [4.78, 5) is 1.56. The molecule has 3 aromatic rings. The average Bonchev–Trinajstić information content (AvgIpc) is 3.25. The number of quaternary nitrogens is 1. The fourth-order valence-electron chi connectivity index (χ4n) is 3.34. The Morgan fingerprint density at radius 3 is 2.21 bits per heavy atom. The van der Waals surface area contributed by atoms with E-state index in [0.717, 1.165) is 28.5 Å². The molecule has 4 nitrogen and oxygen atoms in total. The number of nitrogens with zero attached hydrogens (tertiary/aromatic N) is 3. The highest BCUT2D eigenvalue weighted by atomic mass is 32.1. The van der Waals surface area contributed by atoms with E-state index in [1.165, 1.54) is 25.9 Å². The van der Waals surface area contributed by atoms with Gasteiger partial charge < -0.3 is 4.90 Å². The van der Waals surface area contributed by atoms with E-state index in [1.807, 2.05) is 41.1 Å². The minimum absolute atomic E-state index is 0.763. The summed E-state index contributed by atoms with van der Waals surface area (Å²) >= 11 is 5.78. The van der Waals surface area contributed by atoms with E-state index in [4.69, 9.17) is 17.3 Å². The van der Waals surface area contributed by atoms with Crippen molar-refractivity contribution in [1.29, 1.82) is 0 Å². The molecule has 2 heterocycles. The van der Waals surface area contributed by atoms with E-state index in [-0.39, 0.29) is 0 Å². The molecule has 0 radical (unpaired) electrons. The number of hydrogen-bond donors (Lipinski definition) is 1. The highest BCUT2D eigenvalue weighted by Crippen LogP contribution is 2.22. The first-order chi connectivity index (χ1) is 11.8. The van der Waals surface area contributed by atoms with Gasteiger partial charge in [0.15, 0.2) is 12.5 Å². The topological polar surface area (TPSA) is 27.2 Å². The third kappa shape index (κ3) is 2.92. The number of benzene rings is 2. The van der Waals surface area contributed by atoms with Crippen LogP contribution >= 0.6 is 12.2 Å². The summed E-state index contributed by atoms with van der Waals surface area (Å²) in [7, 11) is 0. The Morgan fingerprint density at radius 2 is 1.54 bits per heavy atom. The Bertz CT molecular complexity index is 861. The smallest absolute Gasteiger partial charge is 0.207 e. The van der Waals surface area contributed by atoms with E-state index < -0.39 is 0 Å². The molecule has 1 N–H and O–H groups in total. The first kappa shape index (κ1) is 15.3. The van der Waals surface area contributed by atoms with Crippen LogP contribution < -0.4 is 4.90 Å². The lowest BCUT2D eigenvalue weighted by atomic mass is 10.2. The lowest BCUT2D eigenvalue weighted by Gasteiger charge is -2.11. The van der Waals surface area contributed by atoms with Crippen molar-refractivity contribution >= 4 is 12.2 Å². The molecular formula is C19H21N4S+. The predicted octanol–water partition coefficient (Wildman–Crippen LogP) is 2.71. The van der Waals surface area contributed by atoms with Gasteiger partial charge in [-0.3, -0.25) is 4.57 Å². The average molecular weight is 337 g/mol. The molecule has 0 unspecified atom stereocenters. The summed E-state index contributed by atoms with van der Waals surface area (Å²) in [6, 6.07) is 20.5. The minimum atomic E-state index is 0.763. The zero-order valence-corrected chi connectivity index (χ0v) is 14.4. The van der Waals surface area contributed by atoms with Crippen molar-refractivity contribution < 1.29 is 4.90 Å². The Hall–Kier alpha value is -2.24. The first-order valence-corrected chi connectivity index (χ1v) is 8.88. The van der Waals surface area contributed by atoms with Crippen molar-refractivity contribution in [3.63, 3.8) is 0 Å². The van der Waals surface area contributed by atoms with Gasteiger partial charge in [-0.1, -0.05) is 48.5 Å². The van der Waals surface area contributed by atoms with Gasteiger partial charge >= 0.3 is 0 Å². The molecule has 1 aliphatic rings. The Morgan fingerprint density at radius 1 is 0.917 bits per heavy atom. The highest BCUT2D eigenvalue weighted by Gasteiger charge is 2.20. The Balaban J connectivity index is 1.83. The van der Waals surface area contributed by atoms with E-state index in [9.17, 15) is 0 Å². The van der Waals surface area contributed by atoms with Gasteiger partial charge in [-0.2, -0.15) is 4.68 Å². The fraction of sp³-hybridized carbons (Fsp3) is 0.263. The van der Waals surface area contributed by atoms with Crippen LogP contribution in [-0.2, 0) is 6.67 Å². The van der Waals surface area contributed by atoms with E-state index in [1.54, 1.807) is 4.90 Å². The third-order valence-corrected chi connectivity index (χ3v) is 4.96. The number of hydrogen-bond acceptors (Lipinski definition) is 2. The first-order valence-electron chi connectivity index (χ1n) is 8.47. The SMILES string of the molecule is S=c1n(C[NH+]2CCCC2)nc(-c2ccccc2)n1-c1ccccc1. The van der Waals surface area contributed by atoms with Crippen LogP contribution in [0.15, 0.2) is 60.7 Å². The zero-order valence-electron chi connectivity index (χ0n) is 13.6. The highest BCUT2D eigenvalue weighted by molar-refractivity contribution is 7.71. The summed E-state index contributed by atoms with van der Waals surface area (Å²) < 4.78 is 4.84. The maximum atomic E-state index is 5.78. The predicted molar refractivity (Wildman–Crippen MR) is 97.8 cm³/mol. The van der Waals surface area contributed by atoms with Crippen molar-refractivity contribution in [3.8, 4) is 17.1 Å². The lowest BCUT2D eigenvalue weighted by molar-refractivity contribution is -0.911. The van der Waals surface area contributed by atoms with E-state index in [2.05, 4.69) is 28.8 Å². The zero-order chi connectivity index (χ0) is 16.4.